The molecule has 0 radical (unpaired) electrons. The summed E-state index contributed by atoms with van der Waals surface area (Å²) in [6.07, 6.45) is 30.1. The van der Waals surface area contributed by atoms with Crippen LogP contribution in [-0.2, 0) is 14.3 Å². The summed E-state index contributed by atoms with van der Waals surface area (Å²) in [6.45, 7) is 3.65. The lowest BCUT2D eigenvalue weighted by molar-refractivity contribution is -0.302. The summed E-state index contributed by atoms with van der Waals surface area (Å²) in [5.74, 6) is -0.206. The maximum Gasteiger partial charge on any atom is 0.220 e. The van der Waals surface area contributed by atoms with Gasteiger partial charge in [-0.15, -0.1) is 0 Å². The Morgan fingerprint density at radius 2 is 1.18 bits per heavy atom. The van der Waals surface area contributed by atoms with Gasteiger partial charge in [-0.2, -0.15) is 0 Å². The molecule has 1 heterocycles. The summed E-state index contributed by atoms with van der Waals surface area (Å²) in [4.78, 5) is 12.8. The van der Waals surface area contributed by atoms with Gasteiger partial charge in [0.2, 0.25) is 5.91 Å². The Balaban J connectivity index is 2.51. The van der Waals surface area contributed by atoms with Gasteiger partial charge < -0.3 is 40.3 Å². The fraction of sp³-hybridized carbons (Fsp3) is 0.775. The summed E-state index contributed by atoms with van der Waals surface area (Å²) in [7, 11) is 0. The molecule has 0 aromatic heterocycles. The first-order chi connectivity index (χ1) is 23.8. The molecule has 9 heteroatoms. The quantitative estimate of drug-likeness (QED) is 0.0359. The van der Waals surface area contributed by atoms with E-state index in [0.29, 0.717) is 6.42 Å². The second kappa shape index (κ2) is 30.9. The van der Waals surface area contributed by atoms with Crippen molar-refractivity contribution in [3.8, 4) is 0 Å². The Labute approximate surface area is 297 Å². The number of unbranched alkanes of at least 4 members (excludes halogenated alkanes) is 14. The molecule has 1 fully saturated rings. The SMILES string of the molecule is CCCC/C=C\CCCCCCCC(=O)NC(COC1OC(CO)C(O)C(O)C1O)C(O)/C=C/CC/C=C/CC/C=C/CCCCCCC. The lowest BCUT2D eigenvalue weighted by atomic mass is 9.99. The largest absolute Gasteiger partial charge is 0.394 e. The number of hydrogen-bond acceptors (Lipinski definition) is 8. The Kier molecular flexibility index (Phi) is 28.5. The van der Waals surface area contributed by atoms with Crippen LogP contribution in [0.1, 0.15) is 142 Å². The topological polar surface area (TPSA) is 149 Å². The van der Waals surface area contributed by atoms with Crippen LogP contribution in [0.3, 0.4) is 0 Å². The highest BCUT2D eigenvalue weighted by atomic mass is 16.7. The van der Waals surface area contributed by atoms with Gasteiger partial charge in [0.1, 0.15) is 24.4 Å². The lowest BCUT2D eigenvalue weighted by Crippen LogP contribution is -2.60. The molecule has 9 nitrogen and oxygen atoms in total. The van der Waals surface area contributed by atoms with Crippen LogP contribution in [0.25, 0.3) is 0 Å². The van der Waals surface area contributed by atoms with Crippen molar-refractivity contribution >= 4 is 5.91 Å². The van der Waals surface area contributed by atoms with Gasteiger partial charge in [0.05, 0.1) is 25.4 Å². The number of carbonyl (C=O) groups excluding carboxylic acids is 1. The molecule has 284 valence electrons. The van der Waals surface area contributed by atoms with E-state index in [-0.39, 0.29) is 12.5 Å². The second-order valence-electron chi connectivity index (χ2n) is 13.3. The second-order valence-corrected chi connectivity index (χ2v) is 13.3. The van der Waals surface area contributed by atoms with Crippen LogP contribution in [-0.4, -0.2) is 87.5 Å². The van der Waals surface area contributed by atoms with Crippen molar-refractivity contribution in [2.45, 2.75) is 185 Å². The van der Waals surface area contributed by atoms with Crippen LogP contribution in [0.4, 0.5) is 0 Å². The Morgan fingerprint density at radius 1 is 0.673 bits per heavy atom. The Bertz CT molecular complexity index is 905. The highest BCUT2D eigenvalue weighted by Gasteiger charge is 2.44. The van der Waals surface area contributed by atoms with E-state index in [0.717, 1.165) is 77.0 Å². The molecule has 49 heavy (non-hydrogen) atoms. The van der Waals surface area contributed by atoms with Crippen LogP contribution in [0.15, 0.2) is 48.6 Å². The average Bonchev–Trinajstić information content (AvgIpc) is 3.10. The van der Waals surface area contributed by atoms with E-state index in [1.165, 1.54) is 44.9 Å². The minimum atomic E-state index is -1.57. The molecule has 0 aromatic carbocycles. The van der Waals surface area contributed by atoms with E-state index in [4.69, 9.17) is 9.47 Å². The molecule has 0 aliphatic carbocycles. The third-order valence-electron chi connectivity index (χ3n) is 8.85. The maximum absolute atomic E-state index is 12.8. The molecule has 1 rings (SSSR count). The zero-order valence-corrected chi connectivity index (χ0v) is 30.7. The van der Waals surface area contributed by atoms with Gasteiger partial charge in [-0.05, 0) is 64.2 Å². The van der Waals surface area contributed by atoms with Gasteiger partial charge in [-0.1, -0.05) is 120 Å². The fourth-order valence-corrected chi connectivity index (χ4v) is 5.64. The van der Waals surface area contributed by atoms with Crippen molar-refractivity contribution in [3.05, 3.63) is 48.6 Å². The molecule has 7 unspecified atom stereocenters. The van der Waals surface area contributed by atoms with Gasteiger partial charge in [0.25, 0.3) is 0 Å². The van der Waals surface area contributed by atoms with E-state index < -0.39 is 49.5 Å². The number of rotatable bonds is 30. The molecule has 1 saturated heterocycles. The Morgan fingerprint density at radius 3 is 1.78 bits per heavy atom. The summed E-state index contributed by atoms with van der Waals surface area (Å²) in [5, 5.41) is 53.8. The molecule has 0 saturated carbocycles. The first-order valence-electron chi connectivity index (χ1n) is 19.4. The van der Waals surface area contributed by atoms with Gasteiger partial charge >= 0.3 is 0 Å². The molecule has 0 aromatic rings. The van der Waals surface area contributed by atoms with Gasteiger partial charge in [0.15, 0.2) is 6.29 Å². The van der Waals surface area contributed by atoms with Crippen molar-refractivity contribution in [1.29, 1.82) is 0 Å². The fourth-order valence-electron chi connectivity index (χ4n) is 5.64. The van der Waals surface area contributed by atoms with Gasteiger partial charge in [0, 0.05) is 6.42 Å². The van der Waals surface area contributed by atoms with Crippen LogP contribution in [0.2, 0.25) is 0 Å². The van der Waals surface area contributed by atoms with Crippen LogP contribution >= 0.6 is 0 Å². The summed E-state index contributed by atoms with van der Waals surface area (Å²) in [5.41, 5.74) is 0. The van der Waals surface area contributed by atoms with Gasteiger partial charge in [-0.25, -0.2) is 0 Å². The lowest BCUT2D eigenvalue weighted by Gasteiger charge is -2.40. The molecule has 6 N–H and O–H groups in total. The number of carbonyl (C=O) groups is 1. The Hall–Kier alpha value is -1.85. The van der Waals surface area contributed by atoms with Crippen molar-refractivity contribution in [2.75, 3.05) is 13.2 Å². The molecule has 0 bridgehead atoms. The van der Waals surface area contributed by atoms with Crippen molar-refractivity contribution in [3.63, 3.8) is 0 Å². The first kappa shape index (κ1) is 45.2. The minimum absolute atomic E-state index is 0.206. The van der Waals surface area contributed by atoms with E-state index in [1.807, 2.05) is 6.08 Å². The standard InChI is InChI=1S/C40H71NO8/c1-3-5-7-9-11-13-15-16-17-18-20-21-23-25-27-29-34(43)33(32-48-40-39(47)38(46)37(45)35(31-42)49-40)41-36(44)30-28-26-24-22-19-14-12-10-8-6-4-2/h10,12,15-16,20-21,27,29,33-35,37-40,42-43,45-47H,3-9,11,13-14,17-19,22-26,28,30-32H2,1-2H3,(H,41,44)/b12-10-,16-15+,21-20+,29-27+. The number of hydrogen-bond donors (Lipinski definition) is 6. The van der Waals surface area contributed by atoms with Crippen LogP contribution in [0, 0.1) is 0 Å². The predicted octanol–water partition coefficient (Wildman–Crippen LogP) is 6.72. The third kappa shape index (κ3) is 22.6. The number of amides is 1. The number of ether oxygens (including phenoxy) is 2. The summed E-state index contributed by atoms with van der Waals surface area (Å²) >= 11 is 0. The molecular weight excluding hydrogens is 622 g/mol. The zero-order valence-electron chi connectivity index (χ0n) is 30.7. The van der Waals surface area contributed by atoms with E-state index in [2.05, 4.69) is 55.6 Å². The third-order valence-corrected chi connectivity index (χ3v) is 8.85. The predicted molar refractivity (Wildman–Crippen MR) is 198 cm³/mol. The first-order valence-corrected chi connectivity index (χ1v) is 19.4. The molecule has 0 spiro atoms. The number of aliphatic hydroxyl groups is 5. The average molecular weight is 694 g/mol. The normalized spacial score (nSPS) is 23.0. The van der Waals surface area contributed by atoms with Crippen LogP contribution < -0.4 is 5.32 Å². The summed E-state index contributed by atoms with van der Waals surface area (Å²) < 4.78 is 11.1. The smallest absolute Gasteiger partial charge is 0.220 e. The number of allylic oxidation sites excluding steroid dienone is 7. The van der Waals surface area contributed by atoms with Gasteiger partial charge in [-0.3, -0.25) is 4.79 Å². The molecule has 7 atom stereocenters. The highest BCUT2D eigenvalue weighted by Crippen LogP contribution is 2.22. The molecule has 1 aliphatic rings. The van der Waals surface area contributed by atoms with E-state index in [1.54, 1.807) is 6.08 Å². The molecule has 1 aliphatic heterocycles. The molecule has 1 amide bonds. The number of aliphatic hydroxyl groups excluding tert-OH is 5. The van der Waals surface area contributed by atoms with Crippen LogP contribution in [0.5, 0.6) is 0 Å². The van der Waals surface area contributed by atoms with Crippen molar-refractivity contribution in [1.82, 2.24) is 5.32 Å². The van der Waals surface area contributed by atoms with E-state index >= 15 is 0 Å². The summed E-state index contributed by atoms with van der Waals surface area (Å²) in [6, 6.07) is -0.829. The van der Waals surface area contributed by atoms with Crippen molar-refractivity contribution < 1.29 is 39.8 Å². The maximum atomic E-state index is 12.8. The van der Waals surface area contributed by atoms with Crippen molar-refractivity contribution in [2.24, 2.45) is 0 Å². The zero-order chi connectivity index (χ0) is 36.0. The monoisotopic (exact) mass is 694 g/mol. The minimum Gasteiger partial charge on any atom is -0.394 e. The number of nitrogens with one attached hydrogen (secondary N) is 1. The molecular formula is C40H71NO8. The highest BCUT2D eigenvalue weighted by molar-refractivity contribution is 5.76. The van der Waals surface area contributed by atoms with E-state index in [9.17, 15) is 30.3 Å².